The highest BCUT2D eigenvalue weighted by atomic mass is 16.4. The van der Waals surface area contributed by atoms with E-state index in [1.165, 1.54) is 0 Å². The van der Waals surface area contributed by atoms with E-state index in [-0.39, 0.29) is 17.9 Å². The lowest BCUT2D eigenvalue weighted by molar-refractivity contribution is -0.142. The molecule has 16 heavy (non-hydrogen) atoms. The lowest BCUT2D eigenvalue weighted by Crippen LogP contribution is -2.42. The number of hydrogen-bond donors (Lipinski definition) is 2. The number of rotatable bonds is 4. The van der Waals surface area contributed by atoms with Crippen molar-refractivity contribution in [2.75, 3.05) is 20.6 Å². The van der Waals surface area contributed by atoms with Crippen LogP contribution >= 0.6 is 0 Å². The number of carbonyl (C=O) groups is 2. The van der Waals surface area contributed by atoms with Crippen molar-refractivity contribution in [3.05, 3.63) is 0 Å². The summed E-state index contributed by atoms with van der Waals surface area (Å²) in [6.45, 7) is 0.388. The maximum atomic E-state index is 11.5. The molecular weight excluding hydrogens is 208 g/mol. The van der Waals surface area contributed by atoms with Crippen LogP contribution in [0.25, 0.3) is 0 Å². The van der Waals surface area contributed by atoms with E-state index in [1.54, 1.807) is 0 Å². The summed E-state index contributed by atoms with van der Waals surface area (Å²) in [6.07, 6.45) is 2.89. The predicted octanol–water partition coefficient (Wildman–Crippen LogP) is 0.308. The van der Waals surface area contributed by atoms with Crippen molar-refractivity contribution in [3.8, 4) is 0 Å². The van der Waals surface area contributed by atoms with E-state index in [0.29, 0.717) is 19.4 Å². The molecule has 0 bridgehead atoms. The van der Waals surface area contributed by atoms with Crippen LogP contribution in [0.15, 0.2) is 0 Å². The minimum absolute atomic E-state index is 0.0174. The molecule has 0 radical (unpaired) electrons. The molecule has 0 aromatic carbocycles. The number of carboxylic acids is 1. The van der Waals surface area contributed by atoms with E-state index in [2.05, 4.69) is 5.32 Å². The Labute approximate surface area is 95.8 Å². The van der Waals surface area contributed by atoms with Gasteiger partial charge in [0.2, 0.25) is 5.91 Å². The quantitative estimate of drug-likeness (QED) is 0.726. The van der Waals surface area contributed by atoms with Gasteiger partial charge in [-0.3, -0.25) is 9.59 Å². The minimum Gasteiger partial charge on any atom is -0.481 e. The largest absolute Gasteiger partial charge is 0.481 e. The first-order chi connectivity index (χ1) is 7.49. The summed E-state index contributed by atoms with van der Waals surface area (Å²) in [4.78, 5) is 24.0. The molecular formula is C11H20N2O3. The molecule has 0 aromatic rings. The van der Waals surface area contributed by atoms with Gasteiger partial charge < -0.3 is 15.3 Å². The third-order valence-corrected chi connectivity index (χ3v) is 2.90. The average molecular weight is 228 g/mol. The Kier molecular flexibility index (Phi) is 4.73. The number of hydrogen-bond acceptors (Lipinski definition) is 3. The molecule has 1 aliphatic carbocycles. The molecule has 1 saturated carbocycles. The van der Waals surface area contributed by atoms with Gasteiger partial charge in [0.15, 0.2) is 0 Å². The lowest BCUT2D eigenvalue weighted by atomic mass is 9.86. The van der Waals surface area contributed by atoms with Crippen molar-refractivity contribution >= 4 is 11.9 Å². The number of amides is 1. The van der Waals surface area contributed by atoms with Gasteiger partial charge in [-0.2, -0.15) is 0 Å². The Morgan fingerprint density at radius 2 is 1.81 bits per heavy atom. The molecule has 0 heterocycles. The highest BCUT2D eigenvalue weighted by Gasteiger charge is 2.26. The Bertz CT molecular complexity index is 258. The second-order valence-corrected chi connectivity index (χ2v) is 4.69. The molecule has 0 atom stereocenters. The van der Waals surface area contributed by atoms with Crippen LogP contribution < -0.4 is 5.32 Å². The Morgan fingerprint density at radius 3 is 2.25 bits per heavy atom. The smallest absolute Gasteiger partial charge is 0.306 e. The average Bonchev–Trinajstić information content (AvgIpc) is 2.16. The third-order valence-electron chi connectivity index (χ3n) is 2.90. The van der Waals surface area contributed by atoms with Crippen LogP contribution in [0.2, 0.25) is 0 Å². The van der Waals surface area contributed by atoms with Crippen LogP contribution in [0.1, 0.15) is 25.7 Å². The van der Waals surface area contributed by atoms with E-state index in [0.717, 1.165) is 12.8 Å². The number of likely N-dealkylation sites (N-methyl/N-ethyl adjacent to an activating group) is 1. The van der Waals surface area contributed by atoms with E-state index in [1.807, 2.05) is 19.0 Å². The van der Waals surface area contributed by atoms with Gasteiger partial charge in [0, 0.05) is 6.04 Å². The topological polar surface area (TPSA) is 69.6 Å². The summed E-state index contributed by atoms with van der Waals surface area (Å²) < 4.78 is 0. The molecule has 0 spiro atoms. The number of nitrogens with zero attached hydrogens (tertiary/aromatic N) is 1. The molecule has 0 saturated heterocycles. The monoisotopic (exact) mass is 228 g/mol. The van der Waals surface area contributed by atoms with E-state index in [9.17, 15) is 9.59 Å². The number of carbonyl (C=O) groups excluding carboxylic acids is 1. The fraction of sp³-hybridized carbons (Fsp3) is 0.818. The highest BCUT2D eigenvalue weighted by Crippen LogP contribution is 2.24. The number of aliphatic carboxylic acids is 1. The second kappa shape index (κ2) is 5.84. The summed E-state index contributed by atoms with van der Waals surface area (Å²) in [5, 5.41) is 11.8. The fourth-order valence-electron chi connectivity index (χ4n) is 2.05. The molecule has 0 aromatic heterocycles. The van der Waals surface area contributed by atoms with Crippen molar-refractivity contribution < 1.29 is 14.7 Å². The molecule has 92 valence electrons. The summed E-state index contributed by atoms with van der Waals surface area (Å²) in [7, 11) is 3.70. The maximum absolute atomic E-state index is 11.5. The number of nitrogens with one attached hydrogen (secondary N) is 1. The van der Waals surface area contributed by atoms with Gasteiger partial charge >= 0.3 is 5.97 Å². The van der Waals surface area contributed by atoms with Gasteiger partial charge in [-0.25, -0.2) is 0 Å². The van der Waals surface area contributed by atoms with Gasteiger partial charge in [-0.05, 0) is 39.8 Å². The van der Waals surface area contributed by atoms with Crippen molar-refractivity contribution in [2.24, 2.45) is 5.92 Å². The van der Waals surface area contributed by atoms with Crippen molar-refractivity contribution in [1.29, 1.82) is 0 Å². The molecule has 5 heteroatoms. The van der Waals surface area contributed by atoms with Crippen LogP contribution in [0, 0.1) is 5.92 Å². The second-order valence-electron chi connectivity index (χ2n) is 4.69. The molecule has 1 fully saturated rings. The standard InChI is InChI=1S/C11H20N2O3/c1-13(2)7-10(14)12-9-5-3-8(4-6-9)11(15)16/h8-9H,3-7H2,1-2H3,(H,12,14)(H,15,16). The zero-order valence-corrected chi connectivity index (χ0v) is 9.90. The predicted molar refractivity (Wildman–Crippen MR) is 60.1 cm³/mol. The molecule has 0 aliphatic heterocycles. The molecule has 5 nitrogen and oxygen atoms in total. The summed E-state index contributed by atoms with van der Waals surface area (Å²) in [6, 6.07) is 0.156. The molecule has 1 aliphatic rings. The summed E-state index contributed by atoms with van der Waals surface area (Å²) in [5.74, 6) is -0.913. The van der Waals surface area contributed by atoms with Gasteiger partial charge in [0.05, 0.1) is 12.5 Å². The maximum Gasteiger partial charge on any atom is 0.306 e. The van der Waals surface area contributed by atoms with Gasteiger partial charge in [-0.1, -0.05) is 0 Å². The summed E-state index contributed by atoms with van der Waals surface area (Å²) >= 11 is 0. The van der Waals surface area contributed by atoms with Gasteiger partial charge in [-0.15, -0.1) is 0 Å². The van der Waals surface area contributed by atoms with Crippen LogP contribution in [0.5, 0.6) is 0 Å². The van der Waals surface area contributed by atoms with Crippen LogP contribution in [-0.2, 0) is 9.59 Å². The Morgan fingerprint density at radius 1 is 1.25 bits per heavy atom. The van der Waals surface area contributed by atoms with Crippen molar-refractivity contribution in [1.82, 2.24) is 10.2 Å². The molecule has 0 unspecified atom stereocenters. The first-order valence-electron chi connectivity index (χ1n) is 5.66. The molecule has 1 rings (SSSR count). The van der Waals surface area contributed by atoms with E-state index in [4.69, 9.17) is 5.11 Å². The molecule has 1 amide bonds. The minimum atomic E-state index is -0.710. The Hall–Kier alpha value is -1.10. The van der Waals surface area contributed by atoms with Gasteiger partial charge in [0.25, 0.3) is 0 Å². The van der Waals surface area contributed by atoms with Crippen LogP contribution in [0.4, 0.5) is 0 Å². The third kappa shape index (κ3) is 4.18. The van der Waals surface area contributed by atoms with Crippen molar-refractivity contribution in [2.45, 2.75) is 31.7 Å². The van der Waals surface area contributed by atoms with Gasteiger partial charge in [0.1, 0.15) is 0 Å². The molecule has 2 N–H and O–H groups in total. The zero-order valence-electron chi connectivity index (χ0n) is 9.90. The van der Waals surface area contributed by atoms with Crippen molar-refractivity contribution in [3.63, 3.8) is 0 Å². The number of carboxylic acid groups (broad SMARTS) is 1. The highest BCUT2D eigenvalue weighted by molar-refractivity contribution is 5.78. The van der Waals surface area contributed by atoms with Crippen LogP contribution in [0.3, 0.4) is 0 Å². The SMILES string of the molecule is CN(C)CC(=O)NC1CCC(C(=O)O)CC1. The zero-order chi connectivity index (χ0) is 12.1. The first-order valence-corrected chi connectivity index (χ1v) is 5.66. The summed E-state index contributed by atoms with van der Waals surface area (Å²) in [5.41, 5.74) is 0. The first kappa shape index (κ1) is 13.0. The van der Waals surface area contributed by atoms with Crippen LogP contribution in [-0.4, -0.2) is 48.6 Å². The van der Waals surface area contributed by atoms with E-state index < -0.39 is 5.97 Å². The lowest BCUT2D eigenvalue weighted by Gasteiger charge is -2.27. The normalized spacial score (nSPS) is 25.4. The van der Waals surface area contributed by atoms with E-state index >= 15 is 0 Å². The fourth-order valence-corrected chi connectivity index (χ4v) is 2.05. The Balaban J connectivity index is 2.26.